The fraction of sp³-hybridized carbons (Fsp3) is 0.471. The summed E-state index contributed by atoms with van der Waals surface area (Å²) >= 11 is 0. The van der Waals surface area contributed by atoms with E-state index in [4.69, 9.17) is 4.74 Å². The second-order valence-corrected chi connectivity index (χ2v) is 7.81. The van der Waals surface area contributed by atoms with Crippen LogP contribution in [-0.2, 0) is 14.8 Å². The zero-order valence-corrected chi connectivity index (χ0v) is 15.2. The Morgan fingerprint density at radius 3 is 2.50 bits per heavy atom. The van der Waals surface area contributed by atoms with Gasteiger partial charge in [-0.2, -0.15) is 0 Å². The summed E-state index contributed by atoms with van der Waals surface area (Å²) in [7, 11) is -2.49. The van der Waals surface area contributed by atoms with Gasteiger partial charge in [0.1, 0.15) is 0 Å². The van der Waals surface area contributed by atoms with E-state index in [1.54, 1.807) is 12.1 Å². The molecule has 1 fully saturated rings. The maximum absolute atomic E-state index is 13.0. The lowest BCUT2D eigenvalue weighted by molar-refractivity contribution is 0.0488. The van der Waals surface area contributed by atoms with Crippen molar-refractivity contribution >= 4 is 16.1 Å². The van der Waals surface area contributed by atoms with Crippen LogP contribution in [0.4, 0.5) is 4.79 Å². The third-order valence-corrected chi connectivity index (χ3v) is 6.00. The van der Waals surface area contributed by atoms with Crippen molar-refractivity contribution in [3.63, 3.8) is 0 Å². The number of nitrogens with one attached hydrogen (secondary N) is 1. The topological polar surface area (TPSA) is 75.7 Å². The first kappa shape index (κ1) is 18.5. The van der Waals surface area contributed by atoms with Gasteiger partial charge in [-0.1, -0.05) is 36.8 Å². The summed E-state index contributed by atoms with van der Waals surface area (Å²) in [5.74, 6) is -0.0923. The van der Waals surface area contributed by atoms with Gasteiger partial charge in [-0.15, -0.1) is 0 Å². The lowest BCUT2D eigenvalue weighted by Crippen LogP contribution is -2.45. The summed E-state index contributed by atoms with van der Waals surface area (Å²) in [4.78, 5) is 12.5. The van der Waals surface area contributed by atoms with Crippen LogP contribution in [-0.4, -0.2) is 38.1 Å². The van der Waals surface area contributed by atoms with Crippen molar-refractivity contribution in [2.45, 2.75) is 44.4 Å². The van der Waals surface area contributed by atoms with Gasteiger partial charge < -0.3 is 10.1 Å². The molecule has 1 aromatic carbocycles. The van der Waals surface area contributed by atoms with Crippen LogP contribution in [0.2, 0.25) is 0 Å². The molecule has 0 aromatic heterocycles. The predicted octanol–water partition coefficient (Wildman–Crippen LogP) is 2.65. The molecule has 7 heteroatoms. The van der Waals surface area contributed by atoms with E-state index in [0.29, 0.717) is 6.42 Å². The quantitative estimate of drug-likeness (QED) is 0.799. The van der Waals surface area contributed by atoms with Gasteiger partial charge in [0.15, 0.2) is 6.23 Å². The highest BCUT2D eigenvalue weighted by Crippen LogP contribution is 2.30. The molecule has 0 radical (unpaired) electrons. The lowest BCUT2D eigenvalue weighted by atomic mass is 9.97. The van der Waals surface area contributed by atoms with Gasteiger partial charge in [0, 0.05) is 7.11 Å². The number of aryl methyl sites for hydroxylation is 1. The molecule has 1 aliphatic heterocycles. The summed E-state index contributed by atoms with van der Waals surface area (Å²) in [6.45, 7) is 5.69. The van der Waals surface area contributed by atoms with Crippen LogP contribution >= 0.6 is 0 Å². The van der Waals surface area contributed by atoms with Crippen LogP contribution < -0.4 is 5.32 Å². The largest absolute Gasteiger partial charge is 0.359 e. The number of ether oxygens (including phenoxy) is 1. The summed E-state index contributed by atoms with van der Waals surface area (Å²) < 4.78 is 32.2. The van der Waals surface area contributed by atoms with E-state index in [-0.39, 0.29) is 10.8 Å². The molecule has 1 saturated heterocycles. The Kier molecular flexibility index (Phi) is 5.66. The molecule has 0 spiro atoms. The second-order valence-electron chi connectivity index (χ2n) is 5.99. The number of sulfonamides is 1. The summed E-state index contributed by atoms with van der Waals surface area (Å²) in [6.07, 6.45) is 3.84. The molecule has 3 atom stereocenters. The average Bonchev–Trinajstić information content (AvgIpc) is 2.90. The highest BCUT2D eigenvalue weighted by Gasteiger charge is 2.48. The lowest BCUT2D eigenvalue weighted by Gasteiger charge is -2.29. The molecule has 2 rings (SSSR count). The highest BCUT2D eigenvalue weighted by molar-refractivity contribution is 7.89. The van der Waals surface area contributed by atoms with E-state index in [2.05, 4.69) is 5.32 Å². The van der Waals surface area contributed by atoms with Crippen molar-refractivity contribution in [3.8, 4) is 0 Å². The zero-order chi connectivity index (χ0) is 17.9. The van der Waals surface area contributed by atoms with Gasteiger partial charge in [0.2, 0.25) is 0 Å². The van der Waals surface area contributed by atoms with E-state index in [0.717, 1.165) is 9.87 Å². The number of hydrogen-bond donors (Lipinski definition) is 1. The number of rotatable bonds is 6. The van der Waals surface area contributed by atoms with Crippen molar-refractivity contribution in [1.29, 1.82) is 0 Å². The normalized spacial score (nSPS) is 22.8. The second kappa shape index (κ2) is 7.36. The molecule has 1 N–H and O–H groups in total. The molecule has 132 valence electrons. The number of urea groups is 1. The third kappa shape index (κ3) is 3.47. The number of methoxy groups -OCH3 is 1. The van der Waals surface area contributed by atoms with E-state index in [1.165, 1.54) is 19.2 Å². The first-order valence-corrected chi connectivity index (χ1v) is 9.32. The van der Waals surface area contributed by atoms with Crippen molar-refractivity contribution in [1.82, 2.24) is 9.62 Å². The molecule has 1 aromatic rings. The number of benzene rings is 1. The number of hydrogen-bond acceptors (Lipinski definition) is 4. The fourth-order valence-corrected chi connectivity index (χ4v) is 4.46. The predicted molar refractivity (Wildman–Crippen MR) is 91.9 cm³/mol. The molecule has 1 aliphatic rings. The van der Waals surface area contributed by atoms with Crippen LogP contribution in [0.1, 0.15) is 25.8 Å². The summed E-state index contributed by atoms with van der Waals surface area (Å²) in [6, 6.07) is 5.21. The van der Waals surface area contributed by atoms with Crippen molar-refractivity contribution in [2.75, 3.05) is 7.11 Å². The van der Waals surface area contributed by atoms with Crippen LogP contribution in [0.3, 0.4) is 0 Å². The summed E-state index contributed by atoms with van der Waals surface area (Å²) in [5, 5.41) is 2.61. The summed E-state index contributed by atoms with van der Waals surface area (Å²) in [5.41, 5.74) is 0.951. The van der Waals surface area contributed by atoms with Gasteiger partial charge in [0.25, 0.3) is 10.0 Å². The standard InChI is InChI=1S/C17H24N2O4S/c1-5-6-7-13(3)15-16(23-4)18-17(20)19(15)24(21,22)14-10-8-12(2)9-11-14/h5-6,8-11,13,15-16H,7H2,1-4H3,(H,18,20)/b6-5+/t13-,15-,16-/m1/s1. The van der Waals surface area contributed by atoms with Gasteiger partial charge in [-0.25, -0.2) is 17.5 Å². The maximum Gasteiger partial charge on any atom is 0.333 e. The Hall–Kier alpha value is -1.86. The molecular weight excluding hydrogens is 328 g/mol. The number of allylic oxidation sites excluding steroid dienone is 2. The number of carbonyl (C=O) groups excluding carboxylic acids is 1. The van der Waals surface area contributed by atoms with Crippen LogP contribution in [0, 0.1) is 12.8 Å². The van der Waals surface area contributed by atoms with E-state index in [9.17, 15) is 13.2 Å². The minimum absolute atomic E-state index is 0.0923. The van der Waals surface area contributed by atoms with Crippen molar-refractivity contribution in [2.24, 2.45) is 5.92 Å². The molecular formula is C17H24N2O4S. The molecule has 0 aliphatic carbocycles. The monoisotopic (exact) mass is 352 g/mol. The number of amides is 2. The Morgan fingerprint density at radius 2 is 1.96 bits per heavy atom. The molecule has 0 saturated carbocycles. The highest BCUT2D eigenvalue weighted by atomic mass is 32.2. The van der Waals surface area contributed by atoms with Gasteiger partial charge in [-0.05, 0) is 38.3 Å². The number of carbonyl (C=O) groups is 1. The molecule has 2 amide bonds. The van der Waals surface area contributed by atoms with Crippen molar-refractivity contribution in [3.05, 3.63) is 42.0 Å². The molecule has 0 bridgehead atoms. The smallest absolute Gasteiger partial charge is 0.333 e. The third-order valence-electron chi connectivity index (χ3n) is 4.21. The Morgan fingerprint density at radius 1 is 1.33 bits per heavy atom. The Balaban J connectivity index is 2.43. The minimum atomic E-state index is -3.95. The molecule has 6 nitrogen and oxygen atoms in total. The first-order valence-electron chi connectivity index (χ1n) is 7.88. The van der Waals surface area contributed by atoms with E-state index in [1.807, 2.05) is 32.9 Å². The van der Waals surface area contributed by atoms with Gasteiger partial charge in [-0.3, -0.25) is 0 Å². The Labute approximate surface area is 143 Å². The van der Waals surface area contributed by atoms with Crippen LogP contribution in [0.15, 0.2) is 41.3 Å². The zero-order valence-electron chi connectivity index (χ0n) is 14.4. The minimum Gasteiger partial charge on any atom is -0.359 e. The van der Waals surface area contributed by atoms with Crippen LogP contribution in [0.25, 0.3) is 0 Å². The maximum atomic E-state index is 13.0. The van der Waals surface area contributed by atoms with Gasteiger partial charge in [0.05, 0.1) is 10.9 Å². The van der Waals surface area contributed by atoms with Gasteiger partial charge >= 0.3 is 6.03 Å². The Bertz CT molecular complexity index is 713. The fourth-order valence-electron chi connectivity index (χ4n) is 2.84. The van der Waals surface area contributed by atoms with E-state index >= 15 is 0 Å². The molecule has 0 unspecified atom stereocenters. The van der Waals surface area contributed by atoms with E-state index < -0.39 is 28.3 Å². The SMILES string of the molecule is C/C=C/C[C@@H](C)[C@@H]1[C@@H](OC)NC(=O)N1S(=O)(=O)c1ccc(C)cc1. The molecule has 24 heavy (non-hydrogen) atoms. The van der Waals surface area contributed by atoms with Crippen LogP contribution in [0.5, 0.6) is 0 Å². The number of nitrogens with zero attached hydrogens (tertiary/aromatic N) is 1. The molecule has 1 heterocycles. The average molecular weight is 352 g/mol. The first-order chi connectivity index (χ1) is 11.3. The van der Waals surface area contributed by atoms with Crippen molar-refractivity contribution < 1.29 is 17.9 Å².